The molecule has 0 fully saturated rings. The largest absolute Gasteiger partial charge is 0.372 e. The first-order chi connectivity index (χ1) is 8.18. The molecule has 1 aromatic carbocycles. The average Bonchev–Trinajstić information content (AvgIpc) is 2.69. The van der Waals surface area contributed by atoms with E-state index in [1.54, 1.807) is 0 Å². The second kappa shape index (κ2) is 4.32. The van der Waals surface area contributed by atoms with Gasteiger partial charge >= 0.3 is 0 Å². The van der Waals surface area contributed by atoms with E-state index in [4.69, 9.17) is 39.5 Å². The van der Waals surface area contributed by atoms with E-state index in [0.29, 0.717) is 23.8 Å². The van der Waals surface area contributed by atoms with Gasteiger partial charge in [-0.3, -0.25) is 0 Å². The van der Waals surface area contributed by atoms with Crippen molar-refractivity contribution in [1.82, 2.24) is 9.55 Å². The van der Waals surface area contributed by atoms with Crippen molar-refractivity contribution in [1.29, 1.82) is 0 Å². The van der Waals surface area contributed by atoms with Gasteiger partial charge in [0, 0.05) is 12.1 Å². The first kappa shape index (κ1) is 11.6. The van der Waals surface area contributed by atoms with E-state index in [0.717, 1.165) is 23.4 Å². The van der Waals surface area contributed by atoms with Crippen molar-refractivity contribution in [3.63, 3.8) is 0 Å². The molecule has 1 aromatic heterocycles. The van der Waals surface area contributed by atoms with Crippen LogP contribution >= 0.6 is 34.8 Å². The van der Waals surface area contributed by atoms with Gasteiger partial charge < -0.3 is 9.30 Å². The summed E-state index contributed by atoms with van der Waals surface area (Å²) in [5, 5.41) is 0.527. The predicted molar refractivity (Wildman–Crippen MR) is 68.8 cm³/mol. The highest BCUT2D eigenvalue weighted by molar-refractivity contribution is 6.46. The van der Waals surface area contributed by atoms with Crippen molar-refractivity contribution < 1.29 is 4.74 Å². The number of rotatable bonds is 1. The van der Waals surface area contributed by atoms with Crippen LogP contribution in [0.2, 0.25) is 5.02 Å². The number of aromatic nitrogens is 2. The van der Waals surface area contributed by atoms with E-state index >= 15 is 0 Å². The minimum absolute atomic E-state index is 0.519. The Morgan fingerprint density at radius 2 is 2.18 bits per heavy atom. The molecular weight excluding hydrogens is 282 g/mol. The Morgan fingerprint density at radius 3 is 2.94 bits per heavy atom. The summed E-state index contributed by atoms with van der Waals surface area (Å²) in [6.07, 6.45) is 0. The van der Waals surface area contributed by atoms with E-state index in [9.17, 15) is 0 Å². The van der Waals surface area contributed by atoms with Gasteiger partial charge in [0.2, 0.25) is 0 Å². The lowest BCUT2D eigenvalue weighted by molar-refractivity contribution is 0.0830. The monoisotopic (exact) mass is 290 g/mol. The molecule has 6 heteroatoms. The molecule has 3 nitrogen and oxygen atoms in total. The first-order valence-electron chi connectivity index (χ1n) is 5.22. The lowest BCUT2D eigenvalue weighted by atomic mass is 10.2. The number of ether oxygens (including phenoxy) is 1. The fourth-order valence-corrected chi connectivity index (χ4v) is 2.86. The average molecular weight is 292 g/mol. The van der Waals surface area contributed by atoms with Gasteiger partial charge in [0.15, 0.2) is 0 Å². The molecule has 90 valence electrons. The van der Waals surface area contributed by atoms with Crippen LogP contribution in [0.1, 0.15) is 16.2 Å². The first-order valence-corrected chi connectivity index (χ1v) is 6.47. The van der Waals surface area contributed by atoms with Gasteiger partial charge in [-0.25, -0.2) is 4.98 Å². The zero-order valence-corrected chi connectivity index (χ0v) is 11.1. The molecule has 0 saturated carbocycles. The van der Waals surface area contributed by atoms with Crippen LogP contribution in [0.4, 0.5) is 0 Å². The molecule has 2 aromatic rings. The summed E-state index contributed by atoms with van der Waals surface area (Å²) in [6, 6.07) is 3.80. The summed E-state index contributed by atoms with van der Waals surface area (Å²) < 4.78 is 7.48. The van der Waals surface area contributed by atoms with E-state index in [-0.39, 0.29) is 0 Å². The van der Waals surface area contributed by atoms with Crippen LogP contribution in [0.5, 0.6) is 0 Å². The number of halogens is 3. The van der Waals surface area contributed by atoms with Crippen LogP contribution in [0.15, 0.2) is 12.1 Å². The van der Waals surface area contributed by atoms with Gasteiger partial charge in [0.25, 0.3) is 0 Å². The van der Waals surface area contributed by atoms with Crippen molar-refractivity contribution in [3.05, 3.63) is 28.5 Å². The molecule has 0 spiro atoms. The molecule has 1 aliphatic heterocycles. The molecule has 0 saturated heterocycles. The summed E-state index contributed by atoms with van der Waals surface area (Å²) >= 11 is 18.0. The van der Waals surface area contributed by atoms with Crippen LogP contribution in [0, 0.1) is 0 Å². The molecule has 2 heterocycles. The number of hydrogen-bond donors (Lipinski definition) is 0. The minimum Gasteiger partial charge on any atom is -0.372 e. The highest BCUT2D eigenvalue weighted by Gasteiger charge is 2.19. The Labute approximate surface area is 113 Å². The maximum atomic E-state index is 6.27. The summed E-state index contributed by atoms with van der Waals surface area (Å²) in [6.45, 7) is 2.02. The van der Waals surface area contributed by atoms with E-state index in [1.165, 1.54) is 0 Å². The Balaban J connectivity index is 2.27. The normalized spacial score (nSPS) is 15.5. The molecule has 0 radical (unpaired) electrons. The van der Waals surface area contributed by atoms with E-state index in [2.05, 4.69) is 9.55 Å². The molecule has 0 amide bonds. The van der Waals surface area contributed by atoms with Gasteiger partial charge in [-0.15, -0.1) is 23.2 Å². The SMILES string of the molecule is Clc1c(C(Cl)Cl)ccc2c1nc1n2CCOC1. The number of nitrogens with zero attached hydrogens (tertiary/aromatic N) is 2. The summed E-state index contributed by atoms with van der Waals surface area (Å²) in [5.74, 6) is 0.894. The van der Waals surface area contributed by atoms with Crippen molar-refractivity contribution in [2.45, 2.75) is 18.0 Å². The fraction of sp³-hybridized carbons (Fsp3) is 0.364. The van der Waals surface area contributed by atoms with Gasteiger partial charge in [-0.05, 0) is 6.07 Å². The van der Waals surface area contributed by atoms with Crippen LogP contribution in [-0.4, -0.2) is 16.2 Å². The predicted octanol–water partition coefficient (Wildman–Crippen LogP) is 3.70. The number of alkyl halides is 2. The summed E-state index contributed by atoms with van der Waals surface area (Å²) in [5.41, 5.74) is 2.45. The number of benzene rings is 1. The summed E-state index contributed by atoms with van der Waals surface area (Å²) in [4.78, 5) is 3.85. The van der Waals surface area contributed by atoms with Crippen molar-refractivity contribution in [2.24, 2.45) is 0 Å². The van der Waals surface area contributed by atoms with Crippen molar-refractivity contribution >= 4 is 45.8 Å². The third-order valence-electron chi connectivity index (χ3n) is 2.89. The zero-order valence-electron chi connectivity index (χ0n) is 8.79. The lowest BCUT2D eigenvalue weighted by Gasteiger charge is -2.14. The van der Waals surface area contributed by atoms with Crippen LogP contribution in [0.25, 0.3) is 11.0 Å². The Morgan fingerprint density at radius 1 is 1.35 bits per heavy atom. The van der Waals surface area contributed by atoms with Gasteiger partial charge in [0.1, 0.15) is 22.8 Å². The molecule has 0 bridgehead atoms. The van der Waals surface area contributed by atoms with Crippen LogP contribution in [0.3, 0.4) is 0 Å². The lowest BCUT2D eigenvalue weighted by Crippen LogP contribution is -2.16. The van der Waals surface area contributed by atoms with Crippen molar-refractivity contribution in [3.8, 4) is 0 Å². The topological polar surface area (TPSA) is 27.1 Å². The maximum absolute atomic E-state index is 6.27. The Kier molecular flexibility index (Phi) is 2.95. The fourth-order valence-electron chi connectivity index (χ4n) is 2.07. The van der Waals surface area contributed by atoms with Gasteiger partial charge in [0.05, 0.1) is 17.1 Å². The van der Waals surface area contributed by atoms with E-state index in [1.807, 2.05) is 12.1 Å². The molecule has 1 aliphatic rings. The van der Waals surface area contributed by atoms with Crippen molar-refractivity contribution in [2.75, 3.05) is 6.61 Å². The van der Waals surface area contributed by atoms with Gasteiger partial charge in [-0.1, -0.05) is 17.7 Å². The highest BCUT2D eigenvalue weighted by Crippen LogP contribution is 2.36. The number of fused-ring (bicyclic) bond motifs is 3. The second-order valence-corrected chi connectivity index (χ2v) is 5.34. The molecule has 0 atom stereocenters. The highest BCUT2D eigenvalue weighted by atomic mass is 35.5. The number of imidazole rings is 1. The van der Waals surface area contributed by atoms with Gasteiger partial charge in [-0.2, -0.15) is 0 Å². The quantitative estimate of drug-likeness (QED) is 0.749. The molecule has 0 N–H and O–H groups in total. The minimum atomic E-state index is -0.637. The maximum Gasteiger partial charge on any atom is 0.136 e. The third kappa shape index (κ3) is 1.82. The molecule has 17 heavy (non-hydrogen) atoms. The third-order valence-corrected chi connectivity index (χ3v) is 3.76. The second-order valence-electron chi connectivity index (χ2n) is 3.87. The van der Waals surface area contributed by atoms with E-state index < -0.39 is 4.84 Å². The Bertz CT molecular complexity index is 580. The Hall–Kier alpha value is -0.480. The number of hydrogen-bond acceptors (Lipinski definition) is 2. The molecule has 0 unspecified atom stereocenters. The zero-order chi connectivity index (χ0) is 12.0. The standard InChI is InChI=1S/C11H9Cl3N2O/c12-9-6(11(13)14)1-2-7-10(9)15-8-5-17-4-3-16(7)8/h1-2,11H,3-5H2. The molecular formula is C11H9Cl3N2O. The molecule has 0 aliphatic carbocycles. The smallest absolute Gasteiger partial charge is 0.136 e. The molecule has 3 rings (SSSR count). The van der Waals surface area contributed by atoms with Crippen LogP contribution in [-0.2, 0) is 17.9 Å². The summed E-state index contributed by atoms with van der Waals surface area (Å²) in [7, 11) is 0. The van der Waals surface area contributed by atoms with Crippen LogP contribution < -0.4 is 0 Å².